The second-order valence-electron chi connectivity index (χ2n) is 7.25. The number of likely N-dealkylation sites (tertiary alicyclic amines) is 1. The number of guanidine groups is 1. The van der Waals surface area contributed by atoms with Gasteiger partial charge in [0.25, 0.3) is 0 Å². The smallest absolute Gasteiger partial charge is 0.193 e. The van der Waals surface area contributed by atoms with E-state index in [9.17, 15) is 8.42 Å². The highest BCUT2D eigenvalue weighted by molar-refractivity contribution is 7.92. The van der Waals surface area contributed by atoms with Crippen LogP contribution in [0.5, 0.6) is 0 Å². The van der Waals surface area contributed by atoms with Crippen molar-refractivity contribution in [3.05, 3.63) is 35.9 Å². The van der Waals surface area contributed by atoms with E-state index in [0.29, 0.717) is 12.5 Å². The van der Waals surface area contributed by atoms with E-state index in [-0.39, 0.29) is 5.75 Å². The average Bonchev–Trinajstić information content (AvgIpc) is 3.01. The molecule has 1 N–H and O–H groups in total. The van der Waals surface area contributed by atoms with Crippen LogP contribution in [0.2, 0.25) is 0 Å². The van der Waals surface area contributed by atoms with Gasteiger partial charge in [0.15, 0.2) is 15.8 Å². The van der Waals surface area contributed by atoms with Gasteiger partial charge in [0.1, 0.15) is 0 Å². The Hall–Kier alpha value is -1.56. The maximum Gasteiger partial charge on any atom is 0.193 e. The lowest BCUT2D eigenvalue weighted by Gasteiger charge is -2.23. The summed E-state index contributed by atoms with van der Waals surface area (Å²) in [5.74, 6) is 1.41. The van der Waals surface area contributed by atoms with Gasteiger partial charge in [-0.1, -0.05) is 30.3 Å². The van der Waals surface area contributed by atoms with Gasteiger partial charge in [-0.2, -0.15) is 0 Å². The fourth-order valence-corrected chi connectivity index (χ4v) is 3.87. The lowest BCUT2D eigenvalue weighted by molar-refractivity contribution is 0.487. The van der Waals surface area contributed by atoms with E-state index in [1.54, 1.807) is 27.8 Å². The Morgan fingerprint density at radius 2 is 1.96 bits per heavy atom. The summed E-state index contributed by atoms with van der Waals surface area (Å²) in [5, 5.41) is 3.21. The summed E-state index contributed by atoms with van der Waals surface area (Å²) in [6.07, 6.45) is 1.09. The first kappa shape index (κ1) is 18.8. The zero-order valence-electron chi connectivity index (χ0n) is 15.1. The molecular weight excluding hydrogens is 322 g/mol. The highest BCUT2D eigenvalue weighted by atomic mass is 32.2. The van der Waals surface area contributed by atoms with E-state index < -0.39 is 14.6 Å². The van der Waals surface area contributed by atoms with Crippen molar-refractivity contribution in [1.29, 1.82) is 0 Å². The quantitative estimate of drug-likeness (QED) is 0.668. The van der Waals surface area contributed by atoms with Crippen LogP contribution < -0.4 is 5.32 Å². The molecule has 0 aromatic heterocycles. The van der Waals surface area contributed by atoms with Crippen molar-refractivity contribution in [2.45, 2.75) is 37.9 Å². The number of nitrogens with zero attached hydrogens (tertiary/aromatic N) is 2. The van der Waals surface area contributed by atoms with Crippen molar-refractivity contribution >= 4 is 15.8 Å². The largest absolute Gasteiger partial charge is 0.355 e. The average molecular weight is 352 g/mol. The molecule has 1 unspecified atom stereocenters. The molecule has 1 heterocycles. The number of rotatable bonds is 4. The van der Waals surface area contributed by atoms with Crippen molar-refractivity contribution in [1.82, 2.24) is 10.2 Å². The maximum absolute atomic E-state index is 12.2. The first-order chi connectivity index (χ1) is 11.2. The van der Waals surface area contributed by atoms with Crippen molar-refractivity contribution < 1.29 is 8.42 Å². The molecule has 0 spiro atoms. The second kappa shape index (κ2) is 7.55. The summed E-state index contributed by atoms with van der Waals surface area (Å²) < 4.78 is 23.7. The van der Waals surface area contributed by atoms with Gasteiger partial charge in [-0.3, -0.25) is 4.99 Å². The Morgan fingerprint density at radius 1 is 1.29 bits per heavy atom. The van der Waals surface area contributed by atoms with Crippen LogP contribution >= 0.6 is 0 Å². The van der Waals surface area contributed by atoms with Crippen LogP contribution in [0.15, 0.2) is 35.3 Å². The minimum atomic E-state index is -3.11. The molecule has 1 aliphatic rings. The van der Waals surface area contributed by atoms with E-state index in [0.717, 1.165) is 25.5 Å². The topological polar surface area (TPSA) is 61.8 Å². The number of nitrogens with one attached hydrogen (secondary N) is 1. The van der Waals surface area contributed by atoms with Gasteiger partial charge >= 0.3 is 0 Å². The first-order valence-corrected chi connectivity index (χ1v) is 10.1. The van der Waals surface area contributed by atoms with Gasteiger partial charge < -0.3 is 10.2 Å². The predicted molar refractivity (Wildman–Crippen MR) is 100 cm³/mol. The highest BCUT2D eigenvalue weighted by Gasteiger charge is 2.29. The van der Waals surface area contributed by atoms with Crippen LogP contribution in [0.4, 0.5) is 0 Å². The monoisotopic (exact) mass is 351 g/mol. The molecule has 0 amide bonds. The van der Waals surface area contributed by atoms with Crippen LogP contribution in [0.25, 0.3) is 0 Å². The normalized spacial score (nSPS) is 19.6. The molecule has 1 aromatic carbocycles. The molecular formula is C18H29N3O2S. The fourth-order valence-electron chi connectivity index (χ4n) is 2.89. The molecule has 0 saturated carbocycles. The van der Waals surface area contributed by atoms with Crippen LogP contribution in [0.1, 0.15) is 38.7 Å². The Kier molecular flexibility index (Phi) is 5.91. The van der Waals surface area contributed by atoms with Crippen LogP contribution in [-0.4, -0.2) is 56.5 Å². The summed E-state index contributed by atoms with van der Waals surface area (Å²) in [5.41, 5.74) is 1.35. The molecule has 0 bridgehead atoms. The predicted octanol–water partition coefficient (Wildman–Crippen LogP) is 2.26. The summed E-state index contributed by atoms with van der Waals surface area (Å²) in [7, 11) is -1.37. The Bertz CT molecular complexity index is 663. The molecule has 1 fully saturated rings. The zero-order valence-corrected chi connectivity index (χ0v) is 15.9. The van der Waals surface area contributed by atoms with E-state index in [1.807, 2.05) is 6.07 Å². The number of aliphatic imine (C=N–C) groups is 1. The van der Waals surface area contributed by atoms with Gasteiger partial charge in [0, 0.05) is 32.6 Å². The van der Waals surface area contributed by atoms with Crippen molar-refractivity contribution in [2.24, 2.45) is 4.99 Å². The summed E-state index contributed by atoms with van der Waals surface area (Å²) in [6, 6.07) is 10.5. The highest BCUT2D eigenvalue weighted by Crippen LogP contribution is 2.26. The second-order valence-corrected chi connectivity index (χ2v) is 10.1. The Morgan fingerprint density at radius 3 is 2.54 bits per heavy atom. The standard InChI is InChI=1S/C18H29N3O2S/c1-18(2,3)24(22,23)13-11-20-17(19-4)21-12-10-16(14-21)15-8-6-5-7-9-15/h5-9,16H,10-14H2,1-4H3,(H,19,20). The SMILES string of the molecule is CN=C(NCCS(=O)(=O)C(C)(C)C)N1CCC(c2ccccc2)C1. The summed E-state index contributed by atoms with van der Waals surface area (Å²) in [4.78, 5) is 6.53. The molecule has 1 aromatic rings. The van der Waals surface area contributed by atoms with Crippen molar-refractivity contribution in [2.75, 3.05) is 32.4 Å². The molecule has 1 saturated heterocycles. The molecule has 1 aliphatic heterocycles. The lowest BCUT2D eigenvalue weighted by Crippen LogP contribution is -2.43. The van der Waals surface area contributed by atoms with Gasteiger partial charge in [0.05, 0.1) is 10.5 Å². The molecule has 0 radical (unpaired) electrons. The van der Waals surface area contributed by atoms with Gasteiger partial charge in [0.2, 0.25) is 0 Å². The third-order valence-corrected chi connectivity index (χ3v) is 7.17. The third kappa shape index (κ3) is 4.50. The van der Waals surface area contributed by atoms with E-state index in [4.69, 9.17) is 0 Å². The van der Waals surface area contributed by atoms with Gasteiger partial charge in [-0.25, -0.2) is 8.42 Å². The number of sulfone groups is 1. The minimum Gasteiger partial charge on any atom is -0.355 e. The molecule has 24 heavy (non-hydrogen) atoms. The maximum atomic E-state index is 12.2. The van der Waals surface area contributed by atoms with Crippen LogP contribution in [0.3, 0.4) is 0 Å². The Labute approximate surface area is 146 Å². The van der Waals surface area contributed by atoms with Crippen molar-refractivity contribution in [3.8, 4) is 0 Å². The molecule has 134 valence electrons. The van der Waals surface area contributed by atoms with E-state index >= 15 is 0 Å². The summed E-state index contributed by atoms with van der Waals surface area (Å²) >= 11 is 0. The van der Waals surface area contributed by atoms with Crippen LogP contribution in [0, 0.1) is 0 Å². The van der Waals surface area contributed by atoms with E-state index in [1.165, 1.54) is 5.56 Å². The fraction of sp³-hybridized carbons (Fsp3) is 0.611. The Balaban J connectivity index is 1.90. The lowest BCUT2D eigenvalue weighted by atomic mass is 9.99. The number of hydrogen-bond acceptors (Lipinski definition) is 3. The molecule has 1 atom stereocenters. The van der Waals surface area contributed by atoms with Gasteiger partial charge in [-0.15, -0.1) is 0 Å². The van der Waals surface area contributed by atoms with Gasteiger partial charge in [-0.05, 0) is 32.8 Å². The molecule has 0 aliphatic carbocycles. The van der Waals surface area contributed by atoms with Crippen LogP contribution in [-0.2, 0) is 9.84 Å². The zero-order chi connectivity index (χ0) is 17.8. The van der Waals surface area contributed by atoms with E-state index in [2.05, 4.69) is 39.5 Å². The molecule has 2 rings (SSSR count). The summed E-state index contributed by atoms with van der Waals surface area (Å²) in [6.45, 7) is 7.45. The number of hydrogen-bond donors (Lipinski definition) is 1. The molecule has 5 nitrogen and oxygen atoms in total. The van der Waals surface area contributed by atoms with Crippen molar-refractivity contribution in [3.63, 3.8) is 0 Å². The first-order valence-electron chi connectivity index (χ1n) is 8.47. The third-order valence-electron chi connectivity index (χ3n) is 4.56. The molecule has 6 heteroatoms. The minimum absolute atomic E-state index is 0.117. The number of benzene rings is 1.